The van der Waals surface area contributed by atoms with Crippen LogP contribution in [0.3, 0.4) is 0 Å². The first-order valence-electron chi connectivity index (χ1n) is 14.5. The molecule has 4 aromatic rings. The van der Waals surface area contributed by atoms with Crippen LogP contribution in [0.1, 0.15) is 50.4 Å². The molecule has 0 bridgehead atoms. The molecule has 228 valence electrons. The van der Waals surface area contributed by atoms with Crippen LogP contribution >= 0.6 is 34.5 Å². The van der Waals surface area contributed by atoms with E-state index >= 15 is 0 Å². The second-order valence-corrected chi connectivity index (χ2v) is 12.0. The fourth-order valence-corrected chi connectivity index (χ4v) is 6.52. The lowest BCUT2D eigenvalue weighted by molar-refractivity contribution is -0.127. The summed E-state index contributed by atoms with van der Waals surface area (Å²) in [5, 5.41) is 1.20. The Morgan fingerprint density at radius 3 is 2.41 bits per heavy atom. The highest BCUT2D eigenvalue weighted by molar-refractivity contribution is 7.07. The van der Waals surface area contributed by atoms with Gasteiger partial charge in [0, 0.05) is 28.7 Å². The van der Waals surface area contributed by atoms with Crippen LogP contribution in [0.5, 0.6) is 11.5 Å². The van der Waals surface area contributed by atoms with Gasteiger partial charge in [-0.15, -0.1) is 0 Å². The molecule has 0 radical (unpaired) electrons. The molecule has 1 aromatic heterocycles. The largest absolute Gasteiger partial charge is 0.490 e. The first kappa shape index (κ1) is 31.6. The number of fused-ring (bicyclic) bond motifs is 1. The van der Waals surface area contributed by atoms with Crippen LogP contribution in [0.15, 0.2) is 87.8 Å². The molecule has 5 rings (SSSR count). The monoisotopic (exact) mass is 649 g/mol. The molecule has 0 N–H and O–H groups in total. The third kappa shape index (κ3) is 6.48. The molecule has 0 spiro atoms. The van der Waals surface area contributed by atoms with Gasteiger partial charge in [0.25, 0.3) is 11.5 Å². The SMILES string of the molecule is CCOc1cc(/C=c2/sc3n(c2=O)[C@H](c2ccc(Cl)cc2)C(C(=O)N(CC)CC)=C(C)N=3)ccc1OCc1ccccc1Cl. The summed E-state index contributed by atoms with van der Waals surface area (Å²) in [7, 11) is 0. The number of halogens is 2. The van der Waals surface area contributed by atoms with Crippen LogP contribution in [-0.2, 0) is 11.4 Å². The van der Waals surface area contributed by atoms with Crippen LogP contribution in [0.2, 0.25) is 10.0 Å². The number of thiazole rings is 1. The summed E-state index contributed by atoms with van der Waals surface area (Å²) in [6.07, 6.45) is 1.81. The zero-order valence-corrected chi connectivity index (χ0v) is 27.3. The minimum atomic E-state index is -0.640. The molecule has 0 aliphatic carbocycles. The maximum Gasteiger partial charge on any atom is 0.271 e. The van der Waals surface area contributed by atoms with Crippen molar-refractivity contribution in [3.05, 3.63) is 124 Å². The van der Waals surface area contributed by atoms with Gasteiger partial charge in [-0.3, -0.25) is 14.2 Å². The van der Waals surface area contributed by atoms with E-state index in [1.807, 2.05) is 88.4 Å². The Kier molecular flexibility index (Phi) is 9.93. The highest BCUT2D eigenvalue weighted by atomic mass is 35.5. The molecule has 0 fully saturated rings. The average Bonchev–Trinajstić information content (AvgIpc) is 3.31. The van der Waals surface area contributed by atoms with Crippen molar-refractivity contribution in [1.82, 2.24) is 9.47 Å². The summed E-state index contributed by atoms with van der Waals surface area (Å²) in [5.41, 5.74) is 3.25. The number of carbonyl (C=O) groups excluding carboxylic acids is 1. The highest BCUT2D eigenvalue weighted by Crippen LogP contribution is 2.33. The van der Waals surface area contributed by atoms with E-state index in [0.717, 1.165) is 16.7 Å². The molecule has 2 heterocycles. The Balaban J connectivity index is 1.57. The van der Waals surface area contributed by atoms with E-state index in [-0.39, 0.29) is 18.1 Å². The number of amides is 1. The van der Waals surface area contributed by atoms with Gasteiger partial charge < -0.3 is 14.4 Å². The Hall–Kier alpha value is -3.85. The van der Waals surface area contributed by atoms with Gasteiger partial charge in [-0.1, -0.05) is 70.9 Å². The number of aromatic nitrogens is 1. The fourth-order valence-electron chi connectivity index (χ4n) is 5.16. The molecule has 7 nitrogen and oxygen atoms in total. The first-order valence-corrected chi connectivity index (χ1v) is 16.0. The van der Waals surface area contributed by atoms with Crippen molar-refractivity contribution in [2.45, 2.75) is 40.3 Å². The van der Waals surface area contributed by atoms with Crippen molar-refractivity contribution in [2.75, 3.05) is 19.7 Å². The predicted octanol–water partition coefficient (Wildman–Crippen LogP) is 6.39. The van der Waals surface area contributed by atoms with Gasteiger partial charge >= 0.3 is 0 Å². The second-order valence-electron chi connectivity index (χ2n) is 10.1. The fraction of sp³-hybridized carbons (Fsp3) is 0.265. The smallest absolute Gasteiger partial charge is 0.271 e. The molecule has 0 saturated heterocycles. The lowest BCUT2D eigenvalue weighted by atomic mass is 9.94. The summed E-state index contributed by atoms with van der Waals surface area (Å²) in [4.78, 5) is 34.8. The van der Waals surface area contributed by atoms with E-state index in [2.05, 4.69) is 0 Å². The van der Waals surface area contributed by atoms with Crippen LogP contribution in [-0.4, -0.2) is 35.1 Å². The van der Waals surface area contributed by atoms with Gasteiger partial charge in [-0.2, -0.15) is 0 Å². The van der Waals surface area contributed by atoms with E-state index in [1.165, 1.54) is 11.3 Å². The summed E-state index contributed by atoms with van der Waals surface area (Å²) in [6.45, 7) is 9.43. The van der Waals surface area contributed by atoms with Crippen molar-refractivity contribution < 1.29 is 14.3 Å². The number of carbonyl (C=O) groups is 1. The quantitative estimate of drug-likeness (QED) is 0.200. The van der Waals surface area contributed by atoms with Gasteiger partial charge in [0.15, 0.2) is 16.3 Å². The van der Waals surface area contributed by atoms with Crippen LogP contribution in [0, 0.1) is 0 Å². The summed E-state index contributed by atoms with van der Waals surface area (Å²) in [6, 6.07) is 19.7. The van der Waals surface area contributed by atoms with E-state index in [4.69, 9.17) is 37.7 Å². The van der Waals surface area contributed by atoms with Crippen molar-refractivity contribution in [3.8, 4) is 11.5 Å². The highest BCUT2D eigenvalue weighted by Gasteiger charge is 2.34. The molecule has 1 aliphatic rings. The third-order valence-electron chi connectivity index (χ3n) is 7.39. The topological polar surface area (TPSA) is 73.1 Å². The Bertz CT molecular complexity index is 1890. The molecular formula is C34H33Cl2N3O4S. The molecule has 0 unspecified atom stereocenters. The Morgan fingerprint density at radius 1 is 1.00 bits per heavy atom. The van der Waals surface area contributed by atoms with E-state index in [1.54, 1.807) is 21.6 Å². The number of ether oxygens (including phenoxy) is 2. The van der Waals surface area contributed by atoms with Crippen molar-refractivity contribution in [3.63, 3.8) is 0 Å². The van der Waals surface area contributed by atoms with Gasteiger partial charge in [0.1, 0.15) is 6.61 Å². The van der Waals surface area contributed by atoms with Gasteiger partial charge in [-0.25, -0.2) is 4.99 Å². The first-order chi connectivity index (χ1) is 21.2. The number of allylic oxidation sites excluding steroid dienone is 1. The number of likely N-dealkylation sites (N-methyl/N-ethyl adjacent to an activating group) is 1. The number of nitrogens with zero attached hydrogens (tertiary/aromatic N) is 3. The minimum absolute atomic E-state index is 0.140. The third-order valence-corrected chi connectivity index (χ3v) is 9.00. The van der Waals surface area contributed by atoms with E-state index in [9.17, 15) is 9.59 Å². The molecule has 1 atom stereocenters. The normalized spacial score (nSPS) is 14.7. The summed E-state index contributed by atoms with van der Waals surface area (Å²) < 4.78 is 14.1. The minimum Gasteiger partial charge on any atom is -0.490 e. The van der Waals surface area contributed by atoms with Gasteiger partial charge in [0.05, 0.1) is 28.5 Å². The van der Waals surface area contributed by atoms with E-state index < -0.39 is 6.04 Å². The lowest BCUT2D eigenvalue weighted by Gasteiger charge is -2.29. The standard InChI is InChI=1S/C34H33Cl2N3O4S/c1-5-38(6-2)33(41)30-21(4)37-34-39(31(30)23-13-15-25(35)16-14-23)32(40)29(44-34)19-22-12-17-27(28(18-22)42-7-3)43-20-24-10-8-9-11-26(24)36/h8-19,31H,5-7,20H2,1-4H3/b29-19+/t31-/m1/s1. The number of benzene rings is 3. The maximum atomic E-state index is 14.1. The van der Waals surface area contributed by atoms with Crippen molar-refractivity contribution >= 4 is 46.5 Å². The molecular weight excluding hydrogens is 617 g/mol. The molecule has 1 aliphatic heterocycles. The second kappa shape index (κ2) is 13.8. The summed E-state index contributed by atoms with van der Waals surface area (Å²) in [5.74, 6) is 0.991. The average molecular weight is 651 g/mol. The zero-order chi connectivity index (χ0) is 31.4. The Labute approximate surface area is 270 Å². The zero-order valence-electron chi connectivity index (χ0n) is 25.0. The van der Waals surface area contributed by atoms with Crippen molar-refractivity contribution in [2.24, 2.45) is 4.99 Å². The van der Waals surface area contributed by atoms with Gasteiger partial charge in [0.2, 0.25) is 0 Å². The number of hydrogen-bond acceptors (Lipinski definition) is 6. The van der Waals surface area contributed by atoms with Crippen molar-refractivity contribution in [1.29, 1.82) is 0 Å². The molecule has 0 saturated carbocycles. The van der Waals surface area contributed by atoms with Crippen LogP contribution in [0.25, 0.3) is 6.08 Å². The molecule has 10 heteroatoms. The van der Waals surface area contributed by atoms with Crippen LogP contribution in [0.4, 0.5) is 0 Å². The predicted molar refractivity (Wildman–Crippen MR) is 177 cm³/mol. The number of rotatable bonds is 10. The van der Waals surface area contributed by atoms with E-state index in [0.29, 0.717) is 61.8 Å². The maximum absolute atomic E-state index is 14.1. The number of hydrogen-bond donors (Lipinski definition) is 0. The Morgan fingerprint density at radius 2 is 1.73 bits per heavy atom. The summed E-state index contributed by atoms with van der Waals surface area (Å²) >= 11 is 13.8. The van der Waals surface area contributed by atoms with Gasteiger partial charge in [-0.05, 0) is 75.2 Å². The lowest BCUT2D eigenvalue weighted by Crippen LogP contribution is -2.43. The molecule has 44 heavy (non-hydrogen) atoms. The molecule has 1 amide bonds. The molecule has 3 aromatic carbocycles. The van der Waals surface area contributed by atoms with Crippen LogP contribution < -0.4 is 24.4 Å².